The van der Waals surface area contributed by atoms with Crippen LogP contribution in [0.25, 0.3) is 11.1 Å². The van der Waals surface area contributed by atoms with Crippen molar-refractivity contribution in [3.8, 4) is 16.9 Å². The van der Waals surface area contributed by atoms with E-state index in [2.05, 4.69) is 15.7 Å². The van der Waals surface area contributed by atoms with Crippen LogP contribution in [0.15, 0.2) is 24.4 Å². The van der Waals surface area contributed by atoms with Gasteiger partial charge in [0, 0.05) is 28.9 Å². The zero-order valence-electron chi connectivity index (χ0n) is 19.4. The van der Waals surface area contributed by atoms with Crippen molar-refractivity contribution in [3.63, 3.8) is 0 Å². The number of carbonyl (C=O) groups is 2. The highest BCUT2D eigenvalue weighted by molar-refractivity contribution is 6.36. The highest BCUT2D eigenvalue weighted by Crippen LogP contribution is 2.39. The van der Waals surface area contributed by atoms with E-state index >= 15 is 0 Å². The van der Waals surface area contributed by atoms with E-state index < -0.39 is 36.6 Å². The molecule has 192 valence electrons. The van der Waals surface area contributed by atoms with Gasteiger partial charge in [-0.1, -0.05) is 23.2 Å². The SMILES string of the molecule is CCN(NC(=O)OC(C)(C)C)C(=O)NCc1ncc(-c2cc(Cl)cc(Cl)c2OCC(F)F)cc1F. The van der Waals surface area contributed by atoms with Gasteiger partial charge < -0.3 is 14.8 Å². The molecule has 0 fully saturated rings. The lowest BCUT2D eigenvalue weighted by atomic mass is 10.1. The molecule has 0 unspecified atom stereocenters. The first-order valence-electron chi connectivity index (χ1n) is 10.4. The summed E-state index contributed by atoms with van der Waals surface area (Å²) >= 11 is 12.1. The van der Waals surface area contributed by atoms with Gasteiger partial charge in [-0.15, -0.1) is 0 Å². The number of aromatic nitrogens is 1. The van der Waals surface area contributed by atoms with E-state index in [1.165, 1.54) is 18.3 Å². The number of halogens is 5. The number of carbonyl (C=O) groups excluding carboxylic acids is 2. The third-order valence-corrected chi connectivity index (χ3v) is 4.68. The molecule has 0 saturated carbocycles. The second-order valence-electron chi connectivity index (χ2n) is 8.14. The van der Waals surface area contributed by atoms with Crippen molar-refractivity contribution in [1.82, 2.24) is 20.7 Å². The maximum absolute atomic E-state index is 14.8. The van der Waals surface area contributed by atoms with Crippen molar-refractivity contribution < 1.29 is 32.2 Å². The summed E-state index contributed by atoms with van der Waals surface area (Å²) in [5.74, 6) is -0.882. The van der Waals surface area contributed by atoms with Gasteiger partial charge in [0.15, 0.2) is 0 Å². The molecule has 1 heterocycles. The zero-order chi connectivity index (χ0) is 26.3. The van der Waals surface area contributed by atoms with Gasteiger partial charge in [0.25, 0.3) is 6.43 Å². The van der Waals surface area contributed by atoms with Crippen LogP contribution in [-0.4, -0.2) is 47.3 Å². The number of hydrogen-bond donors (Lipinski definition) is 2. The summed E-state index contributed by atoms with van der Waals surface area (Å²) < 4.78 is 50.2. The Kier molecular flexibility index (Phi) is 9.84. The topological polar surface area (TPSA) is 92.8 Å². The summed E-state index contributed by atoms with van der Waals surface area (Å²) in [6.07, 6.45) is -2.31. The number of rotatable bonds is 7. The number of nitrogens with zero attached hydrogens (tertiary/aromatic N) is 2. The van der Waals surface area contributed by atoms with Crippen LogP contribution < -0.4 is 15.5 Å². The van der Waals surface area contributed by atoms with Gasteiger partial charge >= 0.3 is 12.1 Å². The highest BCUT2D eigenvalue weighted by Gasteiger charge is 2.21. The Bertz CT molecular complexity index is 1070. The summed E-state index contributed by atoms with van der Waals surface area (Å²) in [5, 5.41) is 3.56. The second kappa shape index (κ2) is 12.2. The molecule has 0 aliphatic rings. The van der Waals surface area contributed by atoms with E-state index in [9.17, 15) is 22.8 Å². The van der Waals surface area contributed by atoms with Gasteiger partial charge in [-0.05, 0) is 45.9 Å². The highest BCUT2D eigenvalue weighted by atomic mass is 35.5. The first-order valence-corrected chi connectivity index (χ1v) is 11.2. The number of nitrogens with one attached hydrogen (secondary N) is 2. The van der Waals surface area contributed by atoms with E-state index in [-0.39, 0.29) is 45.7 Å². The first kappa shape index (κ1) is 28.3. The van der Waals surface area contributed by atoms with Crippen LogP contribution in [0, 0.1) is 5.82 Å². The Morgan fingerprint density at radius 3 is 2.46 bits per heavy atom. The number of alkyl halides is 2. The molecular formula is C22H25Cl2F3N4O4. The molecule has 2 N–H and O–H groups in total. The predicted octanol–water partition coefficient (Wildman–Crippen LogP) is 5.81. The fourth-order valence-electron chi connectivity index (χ4n) is 2.75. The lowest BCUT2D eigenvalue weighted by Crippen LogP contribution is -2.51. The van der Waals surface area contributed by atoms with E-state index in [0.717, 1.165) is 11.1 Å². The van der Waals surface area contributed by atoms with Crippen molar-refractivity contribution in [2.45, 2.75) is 46.3 Å². The Labute approximate surface area is 210 Å². The number of benzene rings is 1. The number of hydrazine groups is 1. The number of pyridine rings is 1. The number of hydrogen-bond acceptors (Lipinski definition) is 5. The van der Waals surface area contributed by atoms with Crippen molar-refractivity contribution in [1.29, 1.82) is 0 Å². The molecule has 2 aromatic rings. The van der Waals surface area contributed by atoms with Crippen LogP contribution in [0.5, 0.6) is 5.75 Å². The summed E-state index contributed by atoms with van der Waals surface area (Å²) in [7, 11) is 0. The molecule has 3 amide bonds. The molecule has 13 heteroatoms. The molecule has 1 aromatic heterocycles. The van der Waals surface area contributed by atoms with Gasteiger partial charge in [0.2, 0.25) is 0 Å². The largest absolute Gasteiger partial charge is 0.485 e. The van der Waals surface area contributed by atoms with Crippen LogP contribution in [0.1, 0.15) is 33.4 Å². The molecule has 0 bridgehead atoms. The summed E-state index contributed by atoms with van der Waals surface area (Å²) in [6.45, 7) is 5.53. The second-order valence-corrected chi connectivity index (χ2v) is 8.98. The molecule has 0 aliphatic carbocycles. The summed E-state index contributed by atoms with van der Waals surface area (Å²) in [5.41, 5.74) is 1.77. The molecule has 2 rings (SSSR count). The molecular weight excluding hydrogens is 512 g/mol. The third kappa shape index (κ3) is 8.66. The lowest BCUT2D eigenvalue weighted by Gasteiger charge is -2.25. The lowest BCUT2D eigenvalue weighted by molar-refractivity contribution is 0.0383. The Morgan fingerprint density at radius 2 is 1.89 bits per heavy atom. The Balaban J connectivity index is 2.14. The monoisotopic (exact) mass is 536 g/mol. The minimum atomic E-state index is -2.75. The fourth-order valence-corrected chi connectivity index (χ4v) is 3.30. The smallest absolute Gasteiger partial charge is 0.426 e. The van der Waals surface area contributed by atoms with Gasteiger partial charge in [-0.2, -0.15) is 0 Å². The van der Waals surface area contributed by atoms with Crippen molar-refractivity contribution in [3.05, 3.63) is 46.0 Å². The Morgan fingerprint density at radius 1 is 1.20 bits per heavy atom. The molecule has 1 aromatic carbocycles. The van der Waals surface area contributed by atoms with Crippen molar-refractivity contribution >= 4 is 35.3 Å². The molecule has 35 heavy (non-hydrogen) atoms. The van der Waals surface area contributed by atoms with E-state index in [1.807, 2.05) is 0 Å². The molecule has 0 radical (unpaired) electrons. The minimum absolute atomic E-state index is 0.0259. The third-order valence-electron chi connectivity index (χ3n) is 4.18. The summed E-state index contributed by atoms with van der Waals surface area (Å²) in [6, 6.07) is 3.06. The van der Waals surface area contributed by atoms with Gasteiger partial charge in [-0.3, -0.25) is 4.98 Å². The first-order chi connectivity index (χ1) is 16.3. The maximum atomic E-state index is 14.8. The predicted molar refractivity (Wildman–Crippen MR) is 125 cm³/mol. The minimum Gasteiger partial charge on any atom is -0.485 e. The molecule has 0 spiro atoms. The normalized spacial score (nSPS) is 11.3. The van der Waals surface area contributed by atoms with Crippen LogP contribution in [0.4, 0.5) is 22.8 Å². The average Bonchev–Trinajstić information content (AvgIpc) is 2.73. The van der Waals surface area contributed by atoms with Crippen molar-refractivity contribution in [2.24, 2.45) is 0 Å². The van der Waals surface area contributed by atoms with Crippen molar-refractivity contribution in [2.75, 3.05) is 13.2 Å². The Hall–Kier alpha value is -2.92. The molecule has 0 atom stereocenters. The van der Waals surface area contributed by atoms with Gasteiger partial charge in [0.1, 0.15) is 23.8 Å². The number of urea groups is 1. The zero-order valence-corrected chi connectivity index (χ0v) is 20.9. The van der Waals surface area contributed by atoms with E-state index in [4.69, 9.17) is 32.7 Å². The quantitative estimate of drug-likeness (QED) is 0.435. The van der Waals surface area contributed by atoms with Crippen LogP contribution >= 0.6 is 23.2 Å². The van der Waals surface area contributed by atoms with Gasteiger partial charge in [0.05, 0.1) is 17.3 Å². The number of ether oxygens (including phenoxy) is 2. The van der Waals surface area contributed by atoms with E-state index in [0.29, 0.717) is 0 Å². The summed E-state index contributed by atoms with van der Waals surface area (Å²) in [4.78, 5) is 28.3. The van der Waals surface area contributed by atoms with E-state index in [1.54, 1.807) is 27.7 Å². The molecule has 8 nitrogen and oxygen atoms in total. The van der Waals surface area contributed by atoms with Crippen LogP contribution in [0.3, 0.4) is 0 Å². The fraction of sp³-hybridized carbons (Fsp3) is 0.409. The number of amides is 3. The maximum Gasteiger partial charge on any atom is 0.426 e. The van der Waals surface area contributed by atoms with Crippen LogP contribution in [0.2, 0.25) is 10.0 Å². The molecule has 0 aliphatic heterocycles. The molecule has 0 saturated heterocycles. The van der Waals surface area contributed by atoms with Crippen LogP contribution in [-0.2, 0) is 11.3 Å². The van der Waals surface area contributed by atoms with Gasteiger partial charge in [-0.25, -0.2) is 33.2 Å². The average molecular weight is 537 g/mol. The standard InChI is InChI=1S/C22H25Cl2F3N4O4/c1-5-31(30-21(33)35-22(2,3)4)20(32)29-10-17-16(25)6-12(9-28-17)14-7-13(23)8-15(24)19(14)34-11-18(26)27/h6-9,18H,5,10-11H2,1-4H3,(H,29,32)(H,30,33).